The van der Waals surface area contributed by atoms with Gasteiger partial charge in [0.25, 0.3) is 0 Å². The topological polar surface area (TPSA) is 91.3 Å². The summed E-state index contributed by atoms with van der Waals surface area (Å²) in [5.41, 5.74) is 0. The second-order valence-electron chi connectivity index (χ2n) is 5.04. The van der Waals surface area contributed by atoms with Crippen molar-refractivity contribution in [2.24, 2.45) is 4.99 Å². The van der Waals surface area contributed by atoms with Crippen LogP contribution in [0.2, 0.25) is 0 Å². The molecule has 128 valence electrons. The first-order valence-corrected chi connectivity index (χ1v) is 9.56. The molecule has 0 bridgehead atoms. The number of piperazine rings is 1. The molecule has 0 atom stereocenters. The molecule has 22 heavy (non-hydrogen) atoms. The Morgan fingerprint density at radius 2 is 1.77 bits per heavy atom. The van der Waals surface area contributed by atoms with Crippen molar-refractivity contribution in [1.82, 2.24) is 15.1 Å². The minimum absolute atomic E-state index is 0.0324. The fraction of sp³-hybridized carbons (Fsp3) is 0.846. The van der Waals surface area contributed by atoms with Crippen LogP contribution in [0.1, 0.15) is 13.8 Å². The molecule has 0 aromatic carbocycles. The van der Waals surface area contributed by atoms with Gasteiger partial charge in [-0.15, -0.1) is 0 Å². The number of aliphatic imine (C=N–C) groups is 1. The SMILES string of the molecule is CCNC(=NCCS(C)(=O)=O)N1CCN(C(=O)OCC)CC1. The van der Waals surface area contributed by atoms with Crippen molar-refractivity contribution in [1.29, 1.82) is 0 Å². The van der Waals surface area contributed by atoms with Crippen molar-refractivity contribution in [3.8, 4) is 0 Å². The predicted octanol–water partition coefficient (Wildman–Crippen LogP) is -0.229. The van der Waals surface area contributed by atoms with E-state index in [4.69, 9.17) is 4.74 Å². The molecule has 0 spiro atoms. The van der Waals surface area contributed by atoms with Crippen LogP contribution in [0, 0.1) is 0 Å². The Hall–Kier alpha value is -1.51. The van der Waals surface area contributed by atoms with Crippen LogP contribution in [0.15, 0.2) is 4.99 Å². The van der Waals surface area contributed by atoms with Crippen LogP contribution in [-0.4, -0.2) is 88.2 Å². The first-order valence-electron chi connectivity index (χ1n) is 7.50. The maximum atomic E-state index is 11.7. The van der Waals surface area contributed by atoms with Gasteiger partial charge in [-0.3, -0.25) is 4.99 Å². The fourth-order valence-corrected chi connectivity index (χ4v) is 2.48. The maximum absolute atomic E-state index is 11.7. The Bertz CT molecular complexity index is 484. The number of hydrogen-bond acceptors (Lipinski definition) is 5. The lowest BCUT2D eigenvalue weighted by Gasteiger charge is -2.35. The first kappa shape index (κ1) is 18.5. The molecular formula is C13H26N4O4S. The second-order valence-corrected chi connectivity index (χ2v) is 7.30. The van der Waals surface area contributed by atoms with Crippen LogP contribution in [0.4, 0.5) is 4.79 Å². The van der Waals surface area contributed by atoms with E-state index in [-0.39, 0.29) is 18.4 Å². The van der Waals surface area contributed by atoms with Crippen LogP contribution in [0.3, 0.4) is 0 Å². The van der Waals surface area contributed by atoms with Gasteiger partial charge < -0.3 is 19.9 Å². The predicted molar refractivity (Wildman–Crippen MR) is 85.9 cm³/mol. The number of sulfone groups is 1. The molecule has 0 unspecified atom stereocenters. The summed E-state index contributed by atoms with van der Waals surface area (Å²) in [5, 5.41) is 3.15. The third kappa shape index (κ3) is 6.50. The van der Waals surface area contributed by atoms with Gasteiger partial charge in [0.05, 0.1) is 18.9 Å². The number of amides is 1. The van der Waals surface area contributed by atoms with Gasteiger partial charge in [0.15, 0.2) is 5.96 Å². The lowest BCUT2D eigenvalue weighted by atomic mass is 10.3. The van der Waals surface area contributed by atoms with Crippen LogP contribution in [0.25, 0.3) is 0 Å². The van der Waals surface area contributed by atoms with Gasteiger partial charge in [0.2, 0.25) is 0 Å². The standard InChI is InChI=1S/C13H26N4O4S/c1-4-14-12(15-6-11-22(3,19)20)16-7-9-17(10-8-16)13(18)21-5-2/h4-11H2,1-3H3,(H,14,15). The molecule has 1 N–H and O–H groups in total. The number of hydrogen-bond donors (Lipinski definition) is 1. The normalized spacial score (nSPS) is 16.6. The van der Waals surface area contributed by atoms with Gasteiger partial charge in [-0.05, 0) is 13.8 Å². The van der Waals surface area contributed by atoms with Gasteiger partial charge in [-0.1, -0.05) is 0 Å². The van der Waals surface area contributed by atoms with E-state index >= 15 is 0 Å². The summed E-state index contributed by atoms with van der Waals surface area (Å²) in [5.74, 6) is 0.722. The molecule has 0 aromatic heterocycles. The second kappa shape index (κ2) is 8.82. The Kier molecular flexibility index (Phi) is 7.43. The lowest BCUT2D eigenvalue weighted by molar-refractivity contribution is 0.0914. The molecule has 0 saturated carbocycles. The van der Waals surface area contributed by atoms with Gasteiger partial charge in [-0.25, -0.2) is 13.2 Å². The van der Waals surface area contributed by atoms with E-state index in [9.17, 15) is 13.2 Å². The molecule has 0 radical (unpaired) electrons. The highest BCUT2D eigenvalue weighted by Crippen LogP contribution is 2.04. The molecular weight excluding hydrogens is 308 g/mol. The van der Waals surface area contributed by atoms with E-state index in [1.807, 2.05) is 11.8 Å². The smallest absolute Gasteiger partial charge is 0.409 e. The van der Waals surface area contributed by atoms with Crippen LogP contribution < -0.4 is 5.32 Å². The number of carbonyl (C=O) groups is 1. The van der Waals surface area contributed by atoms with Crippen molar-refractivity contribution < 1.29 is 17.9 Å². The van der Waals surface area contributed by atoms with E-state index in [2.05, 4.69) is 10.3 Å². The summed E-state index contributed by atoms with van der Waals surface area (Å²) in [7, 11) is -3.01. The lowest BCUT2D eigenvalue weighted by Crippen LogP contribution is -2.54. The molecule has 0 aliphatic carbocycles. The molecule has 1 amide bonds. The zero-order chi connectivity index (χ0) is 16.6. The summed E-state index contributed by atoms with van der Waals surface area (Å²) in [6.07, 6.45) is 0.911. The summed E-state index contributed by atoms with van der Waals surface area (Å²) in [6.45, 7) is 7.47. The van der Waals surface area contributed by atoms with Gasteiger partial charge in [-0.2, -0.15) is 0 Å². The van der Waals surface area contributed by atoms with Crippen LogP contribution >= 0.6 is 0 Å². The van der Waals surface area contributed by atoms with Gasteiger partial charge >= 0.3 is 6.09 Å². The number of carbonyl (C=O) groups excluding carboxylic acids is 1. The van der Waals surface area contributed by atoms with Gasteiger partial charge in [0.1, 0.15) is 9.84 Å². The molecule has 9 heteroatoms. The van der Waals surface area contributed by atoms with Gasteiger partial charge in [0, 0.05) is 39.0 Å². The van der Waals surface area contributed by atoms with Crippen LogP contribution in [0.5, 0.6) is 0 Å². The molecule has 1 rings (SSSR count). The van der Waals surface area contributed by atoms with Crippen molar-refractivity contribution >= 4 is 21.9 Å². The van der Waals surface area contributed by atoms with Crippen molar-refractivity contribution in [2.45, 2.75) is 13.8 Å². The molecule has 1 fully saturated rings. The van der Waals surface area contributed by atoms with E-state index in [1.54, 1.807) is 11.8 Å². The summed E-state index contributed by atoms with van der Waals surface area (Å²) in [6, 6.07) is 0. The van der Waals surface area contributed by atoms with E-state index in [0.717, 1.165) is 0 Å². The average Bonchev–Trinajstić information content (AvgIpc) is 2.45. The Morgan fingerprint density at radius 3 is 2.27 bits per heavy atom. The summed E-state index contributed by atoms with van der Waals surface area (Å²) in [4.78, 5) is 19.7. The first-order chi connectivity index (χ1) is 10.4. The fourth-order valence-electron chi connectivity index (χ4n) is 2.06. The Balaban J connectivity index is 2.56. The highest BCUT2D eigenvalue weighted by Gasteiger charge is 2.23. The number of ether oxygens (including phenoxy) is 1. The number of rotatable bonds is 5. The van der Waals surface area contributed by atoms with Crippen molar-refractivity contribution in [3.63, 3.8) is 0 Å². The largest absolute Gasteiger partial charge is 0.450 e. The number of guanidine groups is 1. The third-order valence-corrected chi connectivity index (χ3v) is 4.09. The number of nitrogens with zero attached hydrogens (tertiary/aromatic N) is 3. The molecule has 1 heterocycles. The van der Waals surface area contributed by atoms with E-state index < -0.39 is 9.84 Å². The quantitative estimate of drug-likeness (QED) is 0.552. The molecule has 1 saturated heterocycles. The molecule has 8 nitrogen and oxygen atoms in total. The summed E-state index contributed by atoms with van der Waals surface area (Å²) >= 11 is 0. The van der Waals surface area contributed by atoms with Crippen molar-refractivity contribution in [2.75, 3.05) is 57.9 Å². The third-order valence-electron chi connectivity index (χ3n) is 3.16. The average molecular weight is 334 g/mol. The molecule has 0 aromatic rings. The molecule has 1 aliphatic heterocycles. The minimum Gasteiger partial charge on any atom is -0.450 e. The van der Waals surface area contributed by atoms with E-state index in [0.29, 0.717) is 45.3 Å². The number of nitrogens with one attached hydrogen (secondary N) is 1. The van der Waals surface area contributed by atoms with E-state index in [1.165, 1.54) is 6.26 Å². The van der Waals surface area contributed by atoms with Crippen molar-refractivity contribution in [3.05, 3.63) is 0 Å². The summed E-state index contributed by atoms with van der Waals surface area (Å²) < 4.78 is 27.3. The highest BCUT2D eigenvalue weighted by molar-refractivity contribution is 7.90. The van der Waals surface area contributed by atoms with Crippen LogP contribution in [-0.2, 0) is 14.6 Å². The monoisotopic (exact) mass is 334 g/mol. The Morgan fingerprint density at radius 1 is 1.18 bits per heavy atom. The molecule has 1 aliphatic rings. The highest BCUT2D eigenvalue weighted by atomic mass is 32.2. The zero-order valence-corrected chi connectivity index (χ0v) is 14.4. The Labute approximate surface area is 132 Å². The minimum atomic E-state index is -3.01. The zero-order valence-electron chi connectivity index (χ0n) is 13.5. The maximum Gasteiger partial charge on any atom is 0.409 e.